The molecule has 1 fully saturated rings. The highest BCUT2D eigenvalue weighted by molar-refractivity contribution is 6.11. The second-order valence-electron chi connectivity index (χ2n) is 12.2. The lowest BCUT2D eigenvalue weighted by Crippen LogP contribution is -2.51. The summed E-state index contributed by atoms with van der Waals surface area (Å²) in [5.41, 5.74) is 3.22. The van der Waals surface area contributed by atoms with Crippen molar-refractivity contribution < 1.29 is 29.0 Å². The number of ether oxygens (including phenoxy) is 2. The van der Waals surface area contributed by atoms with Gasteiger partial charge in [-0.25, -0.2) is 14.6 Å². The molecule has 0 radical (unpaired) electrons. The highest BCUT2D eigenvalue weighted by Gasteiger charge is 2.29. The van der Waals surface area contributed by atoms with E-state index in [-0.39, 0.29) is 23.3 Å². The van der Waals surface area contributed by atoms with Gasteiger partial charge in [0.05, 0.1) is 42.0 Å². The van der Waals surface area contributed by atoms with Gasteiger partial charge in [-0.2, -0.15) is 0 Å². The molecule has 5 rings (SSSR count). The lowest BCUT2D eigenvalue weighted by atomic mass is 9.95. The van der Waals surface area contributed by atoms with Crippen LogP contribution in [0.15, 0.2) is 48.8 Å². The monoisotopic (exact) mass is 602 g/mol. The topological polar surface area (TPSA) is 155 Å². The normalized spacial score (nSPS) is 18.7. The molecular formula is C32H38N6O6. The number of carbonyl (C=O) groups is 3. The Labute approximate surface area is 255 Å². The summed E-state index contributed by atoms with van der Waals surface area (Å²) in [5, 5.41) is 18.4. The number of piperidine rings is 1. The molecule has 2 atom stereocenters. The predicted octanol–water partition coefficient (Wildman–Crippen LogP) is 5.52. The number of alkyl carbamates (subject to hydrolysis) is 1. The number of hydrogen-bond donors (Lipinski definition) is 4. The average molecular weight is 603 g/mol. The fourth-order valence-electron chi connectivity index (χ4n) is 5.61. The molecule has 2 aliphatic rings. The minimum absolute atomic E-state index is 0.0655. The van der Waals surface area contributed by atoms with Gasteiger partial charge in [0.1, 0.15) is 5.60 Å². The molecule has 0 spiro atoms. The quantitative estimate of drug-likeness (QED) is 0.286. The predicted molar refractivity (Wildman–Crippen MR) is 168 cm³/mol. The molecule has 0 bridgehead atoms. The van der Waals surface area contributed by atoms with Crippen molar-refractivity contribution in [2.75, 3.05) is 41.8 Å². The zero-order valence-electron chi connectivity index (χ0n) is 25.3. The molecule has 1 aromatic carbocycles. The van der Waals surface area contributed by atoms with Crippen LogP contribution in [-0.4, -0.2) is 71.1 Å². The van der Waals surface area contributed by atoms with Crippen LogP contribution in [0.3, 0.4) is 0 Å². The SMILES string of the molecule is C[C@@H]1C[C@@H](NC(=O)OC(C)(C)C)CN(c2ccncc2NC(=O)c2nc3cc(C4=CCOCC4)ccc3cc2NC(=O)O)C1. The summed E-state index contributed by atoms with van der Waals surface area (Å²) in [6.45, 7) is 9.92. The van der Waals surface area contributed by atoms with Gasteiger partial charge in [0.25, 0.3) is 5.91 Å². The van der Waals surface area contributed by atoms with E-state index in [2.05, 4.69) is 37.7 Å². The molecule has 2 aliphatic heterocycles. The Morgan fingerprint density at radius 3 is 2.64 bits per heavy atom. The van der Waals surface area contributed by atoms with Crippen LogP contribution in [0, 0.1) is 5.92 Å². The number of hydrogen-bond acceptors (Lipinski definition) is 8. The number of amides is 3. The summed E-state index contributed by atoms with van der Waals surface area (Å²) in [6, 6.07) is 8.96. The molecular weight excluding hydrogens is 564 g/mol. The van der Waals surface area contributed by atoms with Crippen molar-refractivity contribution in [1.82, 2.24) is 15.3 Å². The van der Waals surface area contributed by atoms with Gasteiger partial charge in [0.15, 0.2) is 5.69 Å². The van der Waals surface area contributed by atoms with Gasteiger partial charge in [0, 0.05) is 30.7 Å². The van der Waals surface area contributed by atoms with Crippen molar-refractivity contribution in [2.24, 2.45) is 5.92 Å². The third kappa shape index (κ3) is 7.62. The zero-order valence-corrected chi connectivity index (χ0v) is 25.3. The number of anilines is 3. The van der Waals surface area contributed by atoms with Gasteiger partial charge in [0.2, 0.25) is 0 Å². The maximum absolute atomic E-state index is 13.7. The molecule has 4 N–H and O–H groups in total. The van der Waals surface area contributed by atoms with E-state index < -0.39 is 23.7 Å². The Balaban J connectivity index is 1.41. The van der Waals surface area contributed by atoms with Crippen LogP contribution in [0.5, 0.6) is 0 Å². The van der Waals surface area contributed by atoms with Crippen LogP contribution in [0.25, 0.3) is 16.5 Å². The molecule has 3 aromatic rings. The Morgan fingerprint density at radius 2 is 1.91 bits per heavy atom. The summed E-state index contributed by atoms with van der Waals surface area (Å²) in [6.07, 6.45) is 4.97. The fourth-order valence-corrected chi connectivity index (χ4v) is 5.61. The standard InChI is InChI=1S/C32H38N6O6/c1-19-13-23(34-31(42)44-32(2,3)4)18-38(17-19)27-7-10-33-16-26(27)36-29(39)28-25(37-30(40)41)15-22-6-5-21(14-24(22)35-28)20-8-11-43-12-9-20/h5-8,10,14-16,19,23,37H,9,11-13,17-18H2,1-4H3,(H,34,42)(H,36,39)(H,40,41)/t19-,23-/m1/s1. The van der Waals surface area contributed by atoms with Gasteiger partial charge < -0.3 is 30.1 Å². The second-order valence-corrected chi connectivity index (χ2v) is 12.2. The average Bonchev–Trinajstić information content (AvgIpc) is 2.95. The van der Waals surface area contributed by atoms with E-state index in [0.717, 1.165) is 29.7 Å². The third-order valence-corrected chi connectivity index (χ3v) is 7.38. The van der Waals surface area contributed by atoms with Gasteiger partial charge in [-0.1, -0.05) is 25.1 Å². The van der Waals surface area contributed by atoms with Crippen LogP contribution in [0.1, 0.15) is 56.6 Å². The van der Waals surface area contributed by atoms with E-state index in [4.69, 9.17) is 9.47 Å². The lowest BCUT2D eigenvalue weighted by molar-refractivity contribution is 0.0495. The largest absolute Gasteiger partial charge is 0.465 e. The van der Waals surface area contributed by atoms with Crippen molar-refractivity contribution in [1.29, 1.82) is 0 Å². The number of carbonyl (C=O) groups excluding carboxylic acids is 2. The Kier molecular flexibility index (Phi) is 9.00. The molecule has 0 unspecified atom stereocenters. The summed E-state index contributed by atoms with van der Waals surface area (Å²) >= 11 is 0. The van der Waals surface area contributed by atoms with E-state index in [1.54, 1.807) is 24.5 Å². The minimum Gasteiger partial charge on any atom is -0.465 e. The van der Waals surface area contributed by atoms with E-state index in [1.807, 2.05) is 45.0 Å². The van der Waals surface area contributed by atoms with E-state index >= 15 is 0 Å². The first-order chi connectivity index (χ1) is 20.9. The highest BCUT2D eigenvalue weighted by atomic mass is 16.6. The Hall–Kier alpha value is -4.71. The van der Waals surface area contributed by atoms with Crippen molar-refractivity contribution >= 4 is 51.6 Å². The molecule has 12 heteroatoms. The smallest absolute Gasteiger partial charge is 0.409 e. The maximum Gasteiger partial charge on any atom is 0.409 e. The van der Waals surface area contributed by atoms with Crippen molar-refractivity contribution in [3.63, 3.8) is 0 Å². The molecule has 2 aromatic heterocycles. The number of rotatable bonds is 6. The van der Waals surface area contributed by atoms with E-state index in [0.29, 0.717) is 42.9 Å². The van der Waals surface area contributed by atoms with Gasteiger partial charge in [-0.15, -0.1) is 0 Å². The van der Waals surface area contributed by atoms with Crippen LogP contribution in [-0.2, 0) is 9.47 Å². The first kappa shape index (κ1) is 30.7. The van der Waals surface area contributed by atoms with Crippen molar-refractivity contribution in [3.05, 3.63) is 60.1 Å². The van der Waals surface area contributed by atoms with Gasteiger partial charge in [-0.3, -0.25) is 15.1 Å². The van der Waals surface area contributed by atoms with Crippen LogP contribution in [0.2, 0.25) is 0 Å². The van der Waals surface area contributed by atoms with Crippen molar-refractivity contribution in [2.45, 2.75) is 52.2 Å². The van der Waals surface area contributed by atoms with Gasteiger partial charge in [-0.05, 0) is 68.9 Å². The Morgan fingerprint density at radius 1 is 1.09 bits per heavy atom. The second kappa shape index (κ2) is 12.9. The first-order valence-electron chi connectivity index (χ1n) is 14.7. The fraction of sp³-hybridized carbons (Fsp3) is 0.406. The highest BCUT2D eigenvalue weighted by Crippen LogP contribution is 2.31. The number of fused-ring (bicyclic) bond motifs is 1. The molecule has 12 nitrogen and oxygen atoms in total. The molecule has 4 heterocycles. The number of pyridine rings is 2. The number of aromatic nitrogens is 2. The Bertz CT molecular complexity index is 1600. The van der Waals surface area contributed by atoms with Gasteiger partial charge >= 0.3 is 12.2 Å². The van der Waals surface area contributed by atoms with Crippen LogP contribution < -0.4 is 20.9 Å². The number of carboxylic acid groups (broad SMARTS) is 1. The zero-order chi connectivity index (χ0) is 31.4. The molecule has 0 aliphatic carbocycles. The molecule has 1 saturated heterocycles. The summed E-state index contributed by atoms with van der Waals surface area (Å²) < 4.78 is 10.9. The lowest BCUT2D eigenvalue weighted by Gasteiger charge is -2.39. The van der Waals surface area contributed by atoms with Crippen LogP contribution >= 0.6 is 0 Å². The minimum atomic E-state index is -1.31. The number of benzene rings is 1. The van der Waals surface area contributed by atoms with Crippen molar-refractivity contribution in [3.8, 4) is 0 Å². The summed E-state index contributed by atoms with van der Waals surface area (Å²) in [5.74, 6) is -0.344. The van der Waals surface area contributed by atoms with Crippen LogP contribution in [0.4, 0.5) is 26.7 Å². The van der Waals surface area contributed by atoms with E-state index in [1.165, 1.54) is 0 Å². The molecule has 0 saturated carbocycles. The molecule has 44 heavy (non-hydrogen) atoms. The number of nitrogens with one attached hydrogen (secondary N) is 3. The third-order valence-electron chi connectivity index (χ3n) is 7.38. The number of nitrogens with zero attached hydrogens (tertiary/aromatic N) is 3. The van der Waals surface area contributed by atoms with E-state index in [9.17, 15) is 19.5 Å². The first-order valence-corrected chi connectivity index (χ1v) is 14.7. The molecule has 3 amide bonds. The molecule has 232 valence electrons. The summed E-state index contributed by atoms with van der Waals surface area (Å²) in [4.78, 5) is 48.8. The maximum atomic E-state index is 13.7. The summed E-state index contributed by atoms with van der Waals surface area (Å²) in [7, 11) is 0.